The van der Waals surface area contributed by atoms with Crippen LogP contribution in [-0.4, -0.2) is 22.4 Å². The number of nitrogens with one attached hydrogen (secondary N) is 1. The molecule has 19 heavy (non-hydrogen) atoms. The summed E-state index contributed by atoms with van der Waals surface area (Å²) in [5.41, 5.74) is 0.737. The van der Waals surface area contributed by atoms with Gasteiger partial charge in [0, 0.05) is 27.4 Å². The first-order valence-electron chi connectivity index (χ1n) is 5.94. The van der Waals surface area contributed by atoms with Gasteiger partial charge in [-0.1, -0.05) is 43.1 Å². The van der Waals surface area contributed by atoms with Crippen molar-refractivity contribution in [1.29, 1.82) is 0 Å². The fraction of sp³-hybridized carbons (Fsp3) is 0.462. The zero-order valence-electron chi connectivity index (χ0n) is 10.9. The minimum Gasteiger partial charge on any atom is -0.355 e. The molecular weight excluding hydrogens is 305 g/mol. The average molecular weight is 322 g/mol. The SMILES string of the molecule is CC(C)CNC(=O)C[S@](=O)Cc1ccc(Cl)cc1Cl. The molecule has 0 aliphatic carbocycles. The summed E-state index contributed by atoms with van der Waals surface area (Å²) in [5, 5.41) is 3.75. The molecular formula is C13H17Cl2NO2S. The van der Waals surface area contributed by atoms with E-state index in [1.807, 2.05) is 13.8 Å². The van der Waals surface area contributed by atoms with Crippen LogP contribution in [0.3, 0.4) is 0 Å². The van der Waals surface area contributed by atoms with E-state index in [0.29, 0.717) is 22.5 Å². The Morgan fingerprint density at radius 1 is 1.37 bits per heavy atom. The van der Waals surface area contributed by atoms with E-state index in [2.05, 4.69) is 5.32 Å². The zero-order valence-corrected chi connectivity index (χ0v) is 13.2. The Labute approximate surface area is 126 Å². The second kappa shape index (κ2) is 7.88. The van der Waals surface area contributed by atoms with Gasteiger partial charge in [0.25, 0.3) is 0 Å². The number of benzene rings is 1. The van der Waals surface area contributed by atoms with Crippen LogP contribution in [0.15, 0.2) is 18.2 Å². The molecule has 0 radical (unpaired) electrons. The highest BCUT2D eigenvalue weighted by atomic mass is 35.5. The van der Waals surface area contributed by atoms with Crippen LogP contribution in [0.25, 0.3) is 0 Å². The van der Waals surface area contributed by atoms with E-state index in [4.69, 9.17) is 23.2 Å². The van der Waals surface area contributed by atoms with Crippen LogP contribution < -0.4 is 5.32 Å². The second-order valence-corrected chi connectivity index (χ2v) is 6.96. The Morgan fingerprint density at radius 2 is 2.05 bits per heavy atom. The van der Waals surface area contributed by atoms with Gasteiger partial charge < -0.3 is 5.32 Å². The normalized spacial score (nSPS) is 12.5. The topological polar surface area (TPSA) is 46.2 Å². The Balaban J connectivity index is 2.49. The Morgan fingerprint density at radius 3 is 2.63 bits per heavy atom. The van der Waals surface area contributed by atoms with E-state index < -0.39 is 10.8 Å². The van der Waals surface area contributed by atoms with Gasteiger partial charge in [-0.15, -0.1) is 0 Å². The minimum absolute atomic E-state index is 0.00826. The molecule has 0 bridgehead atoms. The molecule has 1 rings (SSSR count). The molecule has 1 amide bonds. The fourth-order valence-electron chi connectivity index (χ4n) is 1.38. The minimum atomic E-state index is -1.27. The predicted molar refractivity (Wildman–Crippen MR) is 81.0 cm³/mol. The van der Waals surface area contributed by atoms with Crippen LogP contribution in [0.4, 0.5) is 0 Å². The molecule has 1 atom stereocenters. The fourth-order valence-corrected chi connectivity index (χ4v) is 3.03. The first-order chi connectivity index (χ1) is 8.88. The first kappa shape index (κ1) is 16.5. The van der Waals surface area contributed by atoms with Gasteiger partial charge in [-0.2, -0.15) is 0 Å². The highest BCUT2D eigenvalue weighted by Crippen LogP contribution is 2.22. The van der Waals surface area contributed by atoms with Gasteiger partial charge in [0.2, 0.25) is 5.91 Å². The largest absolute Gasteiger partial charge is 0.355 e. The first-order valence-corrected chi connectivity index (χ1v) is 8.18. The molecule has 106 valence electrons. The summed E-state index contributed by atoms with van der Waals surface area (Å²) in [6, 6.07) is 5.03. The molecule has 3 nitrogen and oxygen atoms in total. The van der Waals surface area contributed by atoms with Crippen LogP contribution in [0.5, 0.6) is 0 Å². The zero-order chi connectivity index (χ0) is 14.4. The molecule has 0 unspecified atom stereocenters. The number of hydrogen-bond acceptors (Lipinski definition) is 2. The van der Waals surface area contributed by atoms with Gasteiger partial charge in [0.05, 0.1) is 5.75 Å². The predicted octanol–water partition coefficient (Wildman–Crippen LogP) is 3.01. The van der Waals surface area contributed by atoms with E-state index in [1.165, 1.54) is 0 Å². The van der Waals surface area contributed by atoms with E-state index in [1.54, 1.807) is 18.2 Å². The molecule has 6 heteroatoms. The maximum absolute atomic E-state index is 11.9. The van der Waals surface area contributed by atoms with Gasteiger partial charge in [0.1, 0.15) is 5.75 Å². The monoisotopic (exact) mass is 321 g/mol. The van der Waals surface area contributed by atoms with Gasteiger partial charge >= 0.3 is 0 Å². The van der Waals surface area contributed by atoms with Crippen LogP contribution >= 0.6 is 23.2 Å². The lowest BCUT2D eigenvalue weighted by atomic mass is 10.2. The van der Waals surface area contributed by atoms with Crippen LogP contribution in [-0.2, 0) is 21.3 Å². The quantitative estimate of drug-likeness (QED) is 0.875. The van der Waals surface area contributed by atoms with Crippen LogP contribution in [0.1, 0.15) is 19.4 Å². The Bertz CT molecular complexity index is 478. The summed E-state index contributed by atoms with van der Waals surface area (Å²) in [5.74, 6) is 0.428. The van der Waals surface area contributed by atoms with Crippen molar-refractivity contribution in [2.24, 2.45) is 5.92 Å². The number of amides is 1. The molecule has 0 fully saturated rings. The highest BCUT2D eigenvalue weighted by molar-refractivity contribution is 7.84. The summed E-state index contributed by atoms with van der Waals surface area (Å²) in [6.45, 7) is 4.60. The maximum Gasteiger partial charge on any atom is 0.232 e. The van der Waals surface area contributed by atoms with Crippen molar-refractivity contribution in [2.75, 3.05) is 12.3 Å². The Kier molecular flexibility index (Phi) is 6.83. The van der Waals surface area contributed by atoms with Gasteiger partial charge in [-0.25, -0.2) is 0 Å². The molecule has 0 saturated heterocycles. The van der Waals surface area contributed by atoms with E-state index in [-0.39, 0.29) is 17.4 Å². The number of hydrogen-bond donors (Lipinski definition) is 1. The molecule has 0 aliphatic rings. The lowest BCUT2D eigenvalue weighted by Crippen LogP contribution is -2.31. The average Bonchev–Trinajstić information content (AvgIpc) is 2.30. The smallest absolute Gasteiger partial charge is 0.232 e. The van der Waals surface area contributed by atoms with Crippen molar-refractivity contribution in [2.45, 2.75) is 19.6 Å². The second-order valence-electron chi connectivity index (χ2n) is 4.66. The molecule has 1 N–H and O–H groups in total. The number of carbonyl (C=O) groups excluding carboxylic acids is 1. The molecule has 0 aromatic heterocycles. The standard InChI is InChI=1S/C13H17Cl2NO2S/c1-9(2)6-16-13(17)8-19(18)7-10-3-4-11(14)5-12(10)15/h3-5,9H,6-8H2,1-2H3,(H,16,17)/t19-/m1/s1. The van der Waals surface area contributed by atoms with Crippen molar-refractivity contribution >= 4 is 39.9 Å². The molecule has 0 spiro atoms. The third kappa shape index (κ3) is 6.41. The number of rotatable bonds is 6. The van der Waals surface area contributed by atoms with Crippen molar-refractivity contribution in [3.8, 4) is 0 Å². The maximum atomic E-state index is 11.9. The summed E-state index contributed by atoms with van der Waals surface area (Å²) in [7, 11) is -1.27. The summed E-state index contributed by atoms with van der Waals surface area (Å²) in [6.07, 6.45) is 0. The van der Waals surface area contributed by atoms with Gasteiger partial charge in [0.15, 0.2) is 0 Å². The van der Waals surface area contributed by atoms with Crippen molar-refractivity contribution in [1.82, 2.24) is 5.32 Å². The van der Waals surface area contributed by atoms with Crippen molar-refractivity contribution in [3.05, 3.63) is 33.8 Å². The van der Waals surface area contributed by atoms with Gasteiger partial charge in [-0.3, -0.25) is 9.00 Å². The third-order valence-electron chi connectivity index (χ3n) is 2.33. The molecule has 1 aromatic carbocycles. The van der Waals surface area contributed by atoms with Gasteiger partial charge in [-0.05, 0) is 23.6 Å². The van der Waals surface area contributed by atoms with E-state index >= 15 is 0 Å². The summed E-state index contributed by atoms with van der Waals surface area (Å²) in [4.78, 5) is 11.5. The third-order valence-corrected chi connectivity index (χ3v) is 4.14. The number of halogens is 2. The lowest BCUT2D eigenvalue weighted by Gasteiger charge is -2.08. The number of carbonyl (C=O) groups is 1. The van der Waals surface area contributed by atoms with E-state index in [0.717, 1.165) is 5.56 Å². The lowest BCUT2D eigenvalue weighted by molar-refractivity contribution is -0.118. The molecule has 1 aromatic rings. The molecule has 0 aliphatic heterocycles. The van der Waals surface area contributed by atoms with Crippen LogP contribution in [0.2, 0.25) is 10.0 Å². The van der Waals surface area contributed by atoms with Crippen molar-refractivity contribution in [3.63, 3.8) is 0 Å². The summed E-state index contributed by atoms with van der Waals surface area (Å²) >= 11 is 11.8. The van der Waals surface area contributed by atoms with E-state index in [9.17, 15) is 9.00 Å². The molecule has 0 heterocycles. The highest BCUT2D eigenvalue weighted by Gasteiger charge is 2.11. The van der Waals surface area contributed by atoms with Crippen molar-refractivity contribution < 1.29 is 9.00 Å². The molecule has 0 saturated carbocycles. The Hall–Kier alpha value is -0.580. The summed E-state index contributed by atoms with van der Waals surface area (Å²) < 4.78 is 11.9. The van der Waals surface area contributed by atoms with Crippen LogP contribution in [0, 0.1) is 5.92 Å².